The predicted molar refractivity (Wildman–Crippen MR) is 158 cm³/mol. The van der Waals surface area contributed by atoms with Crippen LogP contribution in [0.1, 0.15) is 66.1 Å². The molecule has 0 heterocycles. The van der Waals surface area contributed by atoms with Crippen LogP contribution < -0.4 is 5.32 Å². The van der Waals surface area contributed by atoms with Gasteiger partial charge in [0.2, 0.25) is 0 Å². The van der Waals surface area contributed by atoms with E-state index in [-0.39, 0.29) is 31.0 Å². The zero-order valence-electron chi connectivity index (χ0n) is 23.1. The van der Waals surface area contributed by atoms with Crippen LogP contribution in [0.15, 0.2) is 66.7 Å². The van der Waals surface area contributed by atoms with Crippen LogP contribution in [0.5, 0.6) is 0 Å². The molecule has 0 amide bonds. The Kier molecular flexibility index (Phi) is 13.2. The molecule has 0 aromatic heterocycles. The fourth-order valence-electron chi connectivity index (χ4n) is 5.35. The molecule has 3 aromatic rings. The van der Waals surface area contributed by atoms with Crippen molar-refractivity contribution >= 4 is 29.1 Å². The third-order valence-corrected chi connectivity index (χ3v) is 7.33. The number of carbonyl (C=O) groups excluding carboxylic acids is 1. The third kappa shape index (κ3) is 9.30. The first-order valence-corrected chi connectivity index (χ1v) is 13.8. The molecule has 0 spiro atoms. The summed E-state index contributed by atoms with van der Waals surface area (Å²) in [6, 6.07) is 23.9. The van der Waals surface area contributed by atoms with Crippen molar-refractivity contribution in [3.63, 3.8) is 0 Å². The lowest BCUT2D eigenvalue weighted by atomic mass is 9.81. The topological polar surface area (TPSA) is 66.0 Å². The summed E-state index contributed by atoms with van der Waals surface area (Å²) in [7, 11) is 1.64. The van der Waals surface area contributed by atoms with E-state index in [9.17, 15) is 4.79 Å². The number of rotatable bonds is 14. The number of hydrogen-bond acceptors (Lipinski definition) is 6. The van der Waals surface area contributed by atoms with Crippen molar-refractivity contribution in [2.45, 2.75) is 50.6 Å². The van der Waals surface area contributed by atoms with Gasteiger partial charge in [0.25, 0.3) is 0 Å². The lowest BCUT2D eigenvalue weighted by Gasteiger charge is -2.32. The van der Waals surface area contributed by atoms with Gasteiger partial charge in [-0.25, -0.2) is 4.79 Å². The fraction of sp³-hybridized carbons (Fsp3) is 0.469. The number of hydrogen-bond donors (Lipinski definition) is 1. The van der Waals surface area contributed by atoms with E-state index < -0.39 is 0 Å². The van der Waals surface area contributed by atoms with Crippen LogP contribution in [0.25, 0.3) is 10.8 Å². The standard InChI is InChI=1S/C32H41NO5.ClH/c1-24(30-12-6-8-26-7-3-4-11-31(26)30)33-29-10-5-9-28(23-29)25-13-15-27(16-14-25)32(34)38-22-21-37-20-19-36-18-17-35-2;/h3-4,6-8,11-16,24,28-29,33H,5,9-10,17-23H2,1-2H3;1H/t24-,28+,29+;/m1./s1. The summed E-state index contributed by atoms with van der Waals surface area (Å²) in [6.45, 7) is 4.93. The Hall–Kier alpha value is -2.48. The number of fused-ring (bicyclic) bond motifs is 1. The van der Waals surface area contributed by atoms with E-state index in [1.54, 1.807) is 7.11 Å². The summed E-state index contributed by atoms with van der Waals surface area (Å²) >= 11 is 0. The van der Waals surface area contributed by atoms with Crippen molar-refractivity contribution in [1.29, 1.82) is 0 Å². The van der Waals surface area contributed by atoms with Crippen LogP contribution >= 0.6 is 12.4 Å². The molecule has 7 heteroatoms. The largest absolute Gasteiger partial charge is 0.460 e. The summed E-state index contributed by atoms with van der Waals surface area (Å²) in [5.74, 6) is 0.175. The van der Waals surface area contributed by atoms with E-state index in [2.05, 4.69) is 66.8 Å². The molecule has 0 radical (unpaired) electrons. The van der Waals surface area contributed by atoms with E-state index in [4.69, 9.17) is 18.9 Å². The highest BCUT2D eigenvalue weighted by Crippen LogP contribution is 2.34. The van der Waals surface area contributed by atoms with Crippen molar-refractivity contribution in [3.8, 4) is 0 Å². The molecule has 212 valence electrons. The Morgan fingerprint density at radius 1 is 0.872 bits per heavy atom. The van der Waals surface area contributed by atoms with Gasteiger partial charge in [-0.1, -0.05) is 61.0 Å². The molecule has 0 bridgehead atoms. The van der Waals surface area contributed by atoms with Crippen LogP contribution in [0.2, 0.25) is 0 Å². The zero-order valence-corrected chi connectivity index (χ0v) is 23.9. The molecule has 1 aliphatic carbocycles. The van der Waals surface area contributed by atoms with Crippen molar-refractivity contribution in [2.24, 2.45) is 0 Å². The Morgan fingerprint density at radius 3 is 2.33 bits per heavy atom. The molecule has 1 fully saturated rings. The Balaban J connectivity index is 0.00000420. The minimum absolute atomic E-state index is 0. The molecule has 4 rings (SSSR count). The van der Waals surface area contributed by atoms with Crippen LogP contribution in [0, 0.1) is 0 Å². The van der Waals surface area contributed by atoms with Gasteiger partial charge in [-0.15, -0.1) is 12.4 Å². The fourth-order valence-corrected chi connectivity index (χ4v) is 5.35. The first-order valence-electron chi connectivity index (χ1n) is 13.8. The number of benzene rings is 3. The van der Waals surface area contributed by atoms with E-state index in [0.717, 1.165) is 6.42 Å². The zero-order chi connectivity index (χ0) is 26.6. The van der Waals surface area contributed by atoms with Gasteiger partial charge < -0.3 is 24.3 Å². The second-order valence-electron chi connectivity index (χ2n) is 9.99. The SMILES string of the molecule is COCCOCCOCCOC(=O)c1ccc([C@H]2CCC[C@H](N[C@H](C)c3cccc4ccccc34)C2)cc1.Cl. The summed E-state index contributed by atoms with van der Waals surface area (Å²) in [5, 5.41) is 6.52. The van der Waals surface area contributed by atoms with Crippen LogP contribution in [0.4, 0.5) is 0 Å². The Bertz CT molecular complexity index is 1130. The molecule has 0 aliphatic heterocycles. The maximum Gasteiger partial charge on any atom is 0.338 e. The number of carbonyl (C=O) groups is 1. The maximum absolute atomic E-state index is 12.4. The lowest BCUT2D eigenvalue weighted by Crippen LogP contribution is -2.35. The van der Waals surface area contributed by atoms with Gasteiger partial charge in [0, 0.05) is 19.2 Å². The number of esters is 1. The molecular weight excluding hydrogens is 514 g/mol. The summed E-state index contributed by atoms with van der Waals surface area (Å²) < 4.78 is 21.0. The molecule has 0 unspecified atom stereocenters. The maximum atomic E-state index is 12.4. The van der Waals surface area contributed by atoms with Crippen molar-refractivity contribution in [2.75, 3.05) is 46.8 Å². The number of halogens is 1. The lowest BCUT2D eigenvalue weighted by molar-refractivity contribution is 0.00570. The van der Waals surface area contributed by atoms with Gasteiger partial charge >= 0.3 is 5.97 Å². The van der Waals surface area contributed by atoms with Crippen molar-refractivity contribution in [3.05, 3.63) is 83.4 Å². The molecule has 1 aliphatic rings. The molecule has 1 N–H and O–H groups in total. The van der Waals surface area contributed by atoms with E-state index in [1.165, 1.54) is 41.2 Å². The van der Waals surface area contributed by atoms with Crippen molar-refractivity contribution in [1.82, 2.24) is 5.32 Å². The molecule has 1 saturated carbocycles. The van der Waals surface area contributed by atoms with E-state index >= 15 is 0 Å². The molecule has 0 saturated heterocycles. The van der Waals surface area contributed by atoms with E-state index in [1.807, 2.05) is 12.1 Å². The minimum Gasteiger partial charge on any atom is -0.460 e. The second kappa shape index (κ2) is 16.6. The Labute approximate surface area is 238 Å². The number of methoxy groups -OCH3 is 1. The molecule has 3 aromatic carbocycles. The third-order valence-electron chi connectivity index (χ3n) is 7.33. The number of nitrogens with one attached hydrogen (secondary N) is 1. The molecule has 6 nitrogen and oxygen atoms in total. The summed E-state index contributed by atoms with van der Waals surface area (Å²) in [6.07, 6.45) is 4.67. The quantitative estimate of drug-likeness (QED) is 0.181. The van der Waals surface area contributed by atoms with Crippen LogP contribution in [0.3, 0.4) is 0 Å². The van der Waals surface area contributed by atoms with Gasteiger partial charge in [0.05, 0.1) is 38.6 Å². The minimum atomic E-state index is -0.316. The monoisotopic (exact) mass is 555 g/mol. The second-order valence-corrected chi connectivity index (χ2v) is 9.99. The summed E-state index contributed by atoms with van der Waals surface area (Å²) in [5.41, 5.74) is 3.23. The van der Waals surface area contributed by atoms with Gasteiger partial charge in [0.1, 0.15) is 6.61 Å². The first kappa shape index (κ1) is 31.1. The van der Waals surface area contributed by atoms with Gasteiger partial charge in [-0.2, -0.15) is 0 Å². The van der Waals surface area contributed by atoms with Gasteiger partial charge in [0.15, 0.2) is 0 Å². The van der Waals surface area contributed by atoms with E-state index in [0.29, 0.717) is 50.6 Å². The highest BCUT2D eigenvalue weighted by Gasteiger charge is 2.25. The molecule has 39 heavy (non-hydrogen) atoms. The van der Waals surface area contributed by atoms with Crippen LogP contribution in [-0.4, -0.2) is 58.8 Å². The highest BCUT2D eigenvalue weighted by molar-refractivity contribution is 5.89. The van der Waals surface area contributed by atoms with Crippen LogP contribution in [-0.2, 0) is 18.9 Å². The van der Waals surface area contributed by atoms with Gasteiger partial charge in [-0.3, -0.25) is 0 Å². The van der Waals surface area contributed by atoms with Crippen molar-refractivity contribution < 1.29 is 23.7 Å². The number of ether oxygens (including phenoxy) is 4. The average molecular weight is 556 g/mol. The summed E-state index contributed by atoms with van der Waals surface area (Å²) in [4.78, 5) is 12.4. The Morgan fingerprint density at radius 2 is 1.56 bits per heavy atom. The normalized spacial score (nSPS) is 17.9. The average Bonchev–Trinajstić information content (AvgIpc) is 2.96. The molecule has 3 atom stereocenters. The first-order chi connectivity index (χ1) is 18.7. The van der Waals surface area contributed by atoms with Gasteiger partial charge in [-0.05, 0) is 66.1 Å². The smallest absolute Gasteiger partial charge is 0.338 e. The predicted octanol–water partition coefficient (Wildman–Crippen LogP) is 6.48. The highest BCUT2D eigenvalue weighted by atomic mass is 35.5. The molecular formula is C32H42ClNO5.